The average molecular weight is 275 g/mol. The fourth-order valence-corrected chi connectivity index (χ4v) is 2.29. The van der Waals surface area contributed by atoms with Crippen LogP contribution in [0.2, 0.25) is 0 Å². The Hall–Kier alpha value is -1.74. The summed E-state index contributed by atoms with van der Waals surface area (Å²) in [6.45, 7) is 6.74. The van der Waals surface area contributed by atoms with Gasteiger partial charge in [-0.3, -0.25) is 0 Å². The second kappa shape index (κ2) is 6.14. The molecule has 0 fully saturated rings. The highest BCUT2D eigenvalue weighted by Crippen LogP contribution is 2.26. The van der Waals surface area contributed by atoms with E-state index in [1.165, 1.54) is 17.7 Å². The predicted molar refractivity (Wildman–Crippen MR) is 77.8 cm³/mol. The zero-order valence-corrected chi connectivity index (χ0v) is 12.0. The highest BCUT2D eigenvalue weighted by molar-refractivity contribution is 5.37. The Morgan fingerprint density at radius 3 is 2.35 bits per heavy atom. The molecule has 0 heterocycles. The molecule has 2 aromatic rings. The molecule has 106 valence electrons. The number of benzene rings is 2. The molecule has 2 rings (SSSR count). The van der Waals surface area contributed by atoms with Crippen molar-refractivity contribution < 1.29 is 8.78 Å². The van der Waals surface area contributed by atoms with Crippen molar-refractivity contribution in [2.45, 2.75) is 26.8 Å². The Bertz CT molecular complexity index is 608. The smallest absolute Gasteiger partial charge is 0.131 e. The van der Waals surface area contributed by atoms with Gasteiger partial charge in [-0.1, -0.05) is 31.2 Å². The second-order valence-corrected chi connectivity index (χ2v) is 5.00. The molecule has 0 aliphatic heterocycles. The predicted octanol–water partition coefficient (Wildman–Crippen LogP) is 4.28. The van der Waals surface area contributed by atoms with Crippen molar-refractivity contribution in [3.63, 3.8) is 0 Å². The van der Waals surface area contributed by atoms with Gasteiger partial charge in [0, 0.05) is 11.6 Å². The first-order valence-electron chi connectivity index (χ1n) is 6.78. The van der Waals surface area contributed by atoms with E-state index in [2.05, 4.69) is 5.32 Å². The molecule has 3 heteroatoms. The zero-order chi connectivity index (χ0) is 14.7. The van der Waals surface area contributed by atoms with Crippen LogP contribution >= 0.6 is 0 Å². The molecule has 0 spiro atoms. The third kappa shape index (κ3) is 3.05. The largest absolute Gasteiger partial charge is 0.306 e. The number of hydrogen-bond acceptors (Lipinski definition) is 1. The Morgan fingerprint density at radius 1 is 1.00 bits per heavy atom. The van der Waals surface area contributed by atoms with Crippen molar-refractivity contribution in [3.05, 3.63) is 70.3 Å². The fourth-order valence-electron chi connectivity index (χ4n) is 2.29. The van der Waals surface area contributed by atoms with Crippen LogP contribution in [0.15, 0.2) is 36.4 Å². The Balaban J connectivity index is 2.47. The molecule has 20 heavy (non-hydrogen) atoms. The van der Waals surface area contributed by atoms with E-state index in [-0.39, 0.29) is 6.04 Å². The number of aryl methyl sites for hydroxylation is 2. The molecular weight excluding hydrogens is 256 g/mol. The lowest BCUT2D eigenvalue weighted by molar-refractivity contribution is 0.541. The normalized spacial score (nSPS) is 12.4. The van der Waals surface area contributed by atoms with Crippen molar-refractivity contribution in [2.24, 2.45) is 0 Å². The van der Waals surface area contributed by atoms with Crippen LogP contribution in [0.5, 0.6) is 0 Å². The van der Waals surface area contributed by atoms with Gasteiger partial charge in [-0.2, -0.15) is 0 Å². The van der Waals surface area contributed by atoms with E-state index in [0.717, 1.165) is 17.2 Å². The first kappa shape index (κ1) is 14.7. The van der Waals surface area contributed by atoms with E-state index < -0.39 is 11.6 Å². The minimum absolute atomic E-state index is 0.264. The standard InChI is InChI=1S/C17H19F2N/c1-4-20-17(13-6-5-11(2)12(3)9-13)15-8-7-14(18)10-16(15)19/h5-10,17,20H,4H2,1-3H3. The van der Waals surface area contributed by atoms with Gasteiger partial charge < -0.3 is 5.32 Å². The molecule has 1 N–H and O–H groups in total. The molecule has 0 saturated carbocycles. The number of rotatable bonds is 4. The van der Waals surface area contributed by atoms with Gasteiger partial charge in [0.2, 0.25) is 0 Å². The highest BCUT2D eigenvalue weighted by Gasteiger charge is 2.17. The van der Waals surface area contributed by atoms with Crippen molar-refractivity contribution in [3.8, 4) is 0 Å². The minimum Gasteiger partial charge on any atom is -0.306 e. The number of hydrogen-bond donors (Lipinski definition) is 1. The first-order valence-corrected chi connectivity index (χ1v) is 6.78. The van der Waals surface area contributed by atoms with Crippen LogP contribution in [0.1, 0.15) is 35.2 Å². The van der Waals surface area contributed by atoms with Gasteiger partial charge in [0.05, 0.1) is 6.04 Å². The highest BCUT2D eigenvalue weighted by atomic mass is 19.1. The van der Waals surface area contributed by atoms with Crippen LogP contribution in [-0.2, 0) is 0 Å². The quantitative estimate of drug-likeness (QED) is 0.878. The maximum Gasteiger partial charge on any atom is 0.131 e. The van der Waals surface area contributed by atoms with Crippen LogP contribution < -0.4 is 5.32 Å². The van der Waals surface area contributed by atoms with Crippen molar-refractivity contribution in [2.75, 3.05) is 6.54 Å². The number of nitrogens with one attached hydrogen (secondary N) is 1. The second-order valence-electron chi connectivity index (χ2n) is 5.00. The molecule has 0 radical (unpaired) electrons. The maximum absolute atomic E-state index is 14.0. The number of halogens is 2. The van der Waals surface area contributed by atoms with Gasteiger partial charge in [-0.25, -0.2) is 8.78 Å². The Morgan fingerprint density at radius 2 is 1.75 bits per heavy atom. The summed E-state index contributed by atoms with van der Waals surface area (Å²) < 4.78 is 27.1. The lowest BCUT2D eigenvalue weighted by atomic mass is 9.95. The molecule has 0 amide bonds. The van der Waals surface area contributed by atoms with Gasteiger partial charge in [-0.15, -0.1) is 0 Å². The summed E-state index contributed by atoms with van der Waals surface area (Å²) in [5.41, 5.74) is 3.81. The van der Waals surface area contributed by atoms with E-state index in [9.17, 15) is 8.78 Å². The summed E-state index contributed by atoms with van der Waals surface area (Å²) in [5.74, 6) is -1.07. The zero-order valence-electron chi connectivity index (χ0n) is 12.0. The van der Waals surface area contributed by atoms with Crippen LogP contribution in [-0.4, -0.2) is 6.54 Å². The molecule has 0 aliphatic carbocycles. The lowest BCUT2D eigenvalue weighted by Crippen LogP contribution is -2.23. The van der Waals surface area contributed by atoms with Gasteiger partial charge in [-0.05, 0) is 43.1 Å². The van der Waals surface area contributed by atoms with Gasteiger partial charge in [0.1, 0.15) is 11.6 Å². The molecule has 1 atom stereocenters. The van der Waals surface area contributed by atoms with E-state index in [4.69, 9.17) is 0 Å². The van der Waals surface area contributed by atoms with E-state index in [1.807, 2.05) is 39.0 Å². The van der Waals surface area contributed by atoms with Crippen LogP contribution in [0.25, 0.3) is 0 Å². The Labute approximate surface area is 118 Å². The summed E-state index contributed by atoms with van der Waals surface area (Å²) in [7, 11) is 0. The fraction of sp³-hybridized carbons (Fsp3) is 0.294. The molecule has 1 unspecified atom stereocenters. The molecule has 1 nitrogen and oxygen atoms in total. The summed E-state index contributed by atoms with van der Waals surface area (Å²) in [4.78, 5) is 0. The summed E-state index contributed by atoms with van der Waals surface area (Å²) in [6.07, 6.45) is 0. The van der Waals surface area contributed by atoms with Crippen LogP contribution in [0.3, 0.4) is 0 Å². The van der Waals surface area contributed by atoms with Crippen molar-refractivity contribution in [1.82, 2.24) is 5.32 Å². The van der Waals surface area contributed by atoms with Gasteiger partial charge in [0.25, 0.3) is 0 Å². The molecule has 0 aliphatic rings. The third-order valence-corrected chi connectivity index (χ3v) is 3.55. The summed E-state index contributed by atoms with van der Waals surface area (Å²) in [6, 6.07) is 9.53. The van der Waals surface area contributed by atoms with Gasteiger partial charge in [0.15, 0.2) is 0 Å². The third-order valence-electron chi connectivity index (χ3n) is 3.55. The molecule has 0 bridgehead atoms. The topological polar surface area (TPSA) is 12.0 Å². The molecule has 0 aromatic heterocycles. The van der Waals surface area contributed by atoms with E-state index >= 15 is 0 Å². The molecule has 0 saturated heterocycles. The first-order chi connectivity index (χ1) is 9.52. The summed E-state index contributed by atoms with van der Waals surface area (Å²) >= 11 is 0. The van der Waals surface area contributed by atoms with Crippen molar-refractivity contribution in [1.29, 1.82) is 0 Å². The average Bonchev–Trinajstić information content (AvgIpc) is 2.40. The summed E-state index contributed by atoms with van der Waals surface area (Å²) in [5, 5.41) is 3.26. The lowest BCUT2D eigenvalue weighted by Gasteiger charge is -2.20. The van der Waals surface area contributed by atoms with Crippen LogP contribution in [0.4, 0.5) is 8.78 Å². The maximum atomic E-state index is 14.0. The van der Waals surface area contributed by atoms with Gasteiger partial charge >= 0.3 is 0 Å². The Kier molecular flexibility index (Phi) is 4.50. The molecule has 2 aromatic carbocycles. The van der Waals surface area contributed by atoms with Crippen molar-refractivity contribution >= 4 is 0 Å². The van der Waals surface area contributed by atoms with Crippen LogP contribution in [0, 0.1) is 25.5 Å². The minimum atomic E-state index is -0.554. The SMILES string of the molecule is CCNC(c1ccc(C)c(C)c1)c1ccc(F)cc1F. The monoisotopic (exact) mass is 275 g/mol. The molecular formula is C17H19F2N. The van der Waals surface area contributed by atoms with E-state index in [0.29, 0.717) is 12.1 Å². The van der Waals surface area contributed by atoms with E-state index in [1.54, 1.807) is 0 Å².